The molecule has 1 N–H and O–H groups in total. The van der Waals surface area contributed by atoms with Crippen molar-refractivity contribution in [2.24, 2.45) is 5.92 Å². The smallest absolute Gasteiger partial charge is 0.229 e. The normalized spacial score (nSPS) is 19.9. The Balaban J connectivity index is 1.39. The number of hydrogen-bond acceptors (Lipinski definition) is 3. The predicted molar refractivity (Wildman–Crippen MR) is 132 cm³/mol. The fourth-order valence-corrected chi connectivity index (χ4v) is 5.05. The van der Waals surface area contributed by atoms with Crippen LogP contribution in [0.15, 0.2) is 72.9 Å². The monoisotopic (exact) mass is 468 g/mol. The van der Waals surface area contributed by atoms with Crippen molar-refractivity contribution in [1.82, 2.24) is 15.1 Å². The van der Waals surface area contributed by atoms with Gasteiger partial charge >= 0.3 is 0 Å². The number of fused-ring (bicyclic) bond motifs is 1. The molecule has 2 atom stereocenters. The summed E-state index contributed by atoms with van der Waals surface area (Å²) in [6.45, 7) is 2.03. The van der Waals surface area contributed by atoms with E-state index in [-0.39, 0.29) is 42.1 Å². The van der Waals surface area contributed by atoms with Gasteiger partial charge in [0.25, 0.3) is 0 Å². The van der Waals surface area contributed by atoms with Gasteiger partial charge in [0.05, 0.1) is 29.5 Å². The van der Waals surface area contributed by atoms with Crippen LogP contribution in [0.4, 0.5) is 10.1 Å². The number of carbonyl (C=O) groups excluding carboxylic acids is 2. The van der Waals surface area contributed by atoms with Gasteiger partial charge in [0.2, 0.25) is 11.8 Å². The lowest BCUT2D eigenvalue weighted by molar-refractivity contribution is -0.123. The number of anilines is 1. The molecule has 2 amide bonds. The second-order valence-corrected chi connectivity index (χ2v) is 9.43. The van der Waals surface area contributed by atoms with Gasteiger partial charge in [-0.25, -0.2) is 9.07 Å². The molecule has 2 fully saturated rings. The number of nitrogens with one attached hydrogen (secondary N) is 1. The zero-order valence-corrected chi connectivity index (χ0v) is 19.3. The molecule has 2 heterocycles. The van der Waals surface area contributed by atoms with Gasteiger partial charge in [0, 0.05) is 23.4 Å². The van der Waals surface area contributed by atoms with E-state index in [9.17, 15) is 14.0 Å². The van der Waals surface area contributed by atoms with Gasteiger partial charge in [-0.3, -0.25) is 9.59 Å². The van der Waals surface area contributed by atoms with E-state index in [2.05, 4.69) is 10.4 Å². The van der Waals surface area contributed by atoms with Gasteiger partial charge in [0.15, 0.2) is 0 Å². The van der Waals surface area contributed by atoms with Crippen molar-refractivity contribution in [3.8, 4) is 5.69 Å². The number of benzene rings is 3. The Labute approximate surface area is 202 Å². The molecule has 6 nitrogen and oxygen atoms in total. The minimum atomic E-state index is -0.300. The maximum atomic E-state index is 13.4. The molecule has 1 saturated heterocycles. The molecular weight excluding hydrogens is 443 g/mol. The van der Waals surface area contributed by atoms with E-state index in [1.165, 1.54) is 12.1 Å². The number of aryl methyl sites for hydroxylation is 1. The first-order valence-electron chi connectivity index (χ1n) is 11.9. The molecule has 1 aromatic heterocycles. The summed E-state index contributed by atoms with van der Waals surface area (Å²) in [5, 5.41) is 8.52. The van der Waals surface area contributed by atoms with Gasteiger partial charge < -0.3 is 10.2 Å². The van der Waals surface area contributed by atoms with E-state index < -0.39 is 0 Å². The Hall–Kier alpha value is -4.00. The maximum absolute atomic E-state index is 13.4. The Morgan fingerprint density at radius 1 is 1.03 bits per heavy atom. The molecule has 0 bridgehead atoms. The molecule has 176 valence electrons. The summed E-state index contributed by atoms with van der Waals surface area (Å²) >= 11 is 0. The summed E-state index contributed by atoms with van der Waals surface area (Å²) in [4.78, 5) is 27.8. The molecule has 1 saturated carbocycles. The van der Waals surface area contributed by atoms with Gasteiger partial charge in [-0.2, -0.15) is 5.10 Å². The van der Waals surface area contributed by atoms with E-state index >= 15 is 0 Å². The van der Waals surface area contributed by atoms with Crippen LogP contribution >= 0.6 is 0 Å². The lowest BCUT2D eigenvalue weighted by Crippen LogP contribution is -2.40. The molecule has 0 radical (unpaired) electrons. The highest BCUT2D eigenvalue weighted by Gasteiger charge is 2.44. The van der Waals surface area contributed by atoms with E-state index in [4.69, 9.17) is 0 Å². The first-order valence-corrected chi connectivity index (χ1v) is 11.9. The zero-order chi connectivity index (χ0) is 24.1. The van der Waals surface area contributed by atoms with E-state index in [0.717, 1.165) is 46.2 Å². The summed E-state index contributed by atoms with van der Waals surface area (Å²) < 4.78 is 15.1. The van der Waals surface area contributed by atoms with Gasteiger partial charge in [-0.05, 0) is 73.4 Å². The zero-order valence-electron chi connectivity index (χ0n) is 19.3. The summed E-state index contributed by atoms with van der Waals surface area (Å²) in [7, 11) is 0. The summed E-state index contributed by atoms with van der Waals surface area (Å²) in [5.74, 6) is -0.208. The van der Waals surface area contributed by atoms with E-state index in [0.29, 0.717) is 0 Å². The molecule has 35 heavy (non-hydrogen) atoms. The largest absolute Gasteiger partial charge is 0.350 e. The molecule has 0 unspecified atom stereocenters. The fourth-order valence-electron chi connectivity index (χ4n) is 5.05. The van der Waals surface area contributed by atoms with Crippen molar-refractivity contribution in [3.05, 3.63) is 89.9 Å². The summed E-state index contributed by atoms with van der Waals surface area (Å²) in [6.07, 6.45) is 3.84. The quantitative estimate of drug-likeness (QED) is 0.456. The minimum Gasteiger partial charge on any atom is -0.350 e. The van der Waals surface area contributed by atoms with Crippen LogP contribution in [0, 0.1) is 18.7 Å². The van der Waals surface area contributed by atoms with Crippen LogP contribution in [-0.2, 0) is 9.59 Å². The first kappa shape index (κ1) is 21.5. The van der Waals surface area contributed by atoms with Crippen LogP contribution in [0.25, 0.3) is 16.6 Å². The third-order valence-electron chi connectivity index (χ3n) is 7.01. The lowest BCUT2D eigenvalue weighted by atomic mass is 9.95. The number of carbonyl (C=O) groups is 2. The molecule has 4 aromatic rings. The van der Waals surface area contributed by atoms with Crippen molar-refractivity contribution < 1.29 is 14.0 Å². The number of amides is 2. The average Bonchev–Trinajstić information content (AvgIpc) is 3.55. The Bertz CT molecular complexity index is 1440. The number of halogens is 1. The van der Waals surface area contributed by atoms with Crippen molar-refractivity contribution in [3.63, 3.8) is 0 Å². The summed E-state index contributed by atoms with van der Waals surface area (Å²) in [6, 6.07) is 19.4. The molecule has 0 spiro atoms. The van der Waals surface area contributed by atoms with Crippen molar-refractivity contribution >= 4 is 28.4 Å². The highest BCUT2D eigenvalue weighted by Crippen LogP contribution is 2.40. The molecule has 3 aromatic carbocycles. The van der Waals surface area contributed by atoms with Crippen molar-refractivity contribution in [2.75, 3.05) is 4.90 Å². The first-order chi connectivity index (χ1) is 17.0. The average molecular weight is 469 g/mol. The summed E-state index contributed by atoms with van der Waals surface area (Å²) in [5.41, 5.74) is 4.48. The molecule has 1 aliphatic carbocycles. The van der Waals surface area contributed by atoms with Gasteiger partial charge in [-0.1, -0.05) is 24.3 Å². The number of aromatic nitrogens is 2. The SMILES string of the molecule is Cc1ccccc1[C@H]1[C@H](NC(=O)C2CC2)CC(=O)N1c1ccc2c(cnn2-c2ccc(F)cc2)c1. The minimum absolute atomic E-state index is 0.0235. The second kappa shape index (κ2) is 8.34. The predicted octanol–water partition coefficient (Wildman–Crippen LogP) is 4.85. The molecule has 2 aliphatic rings. The Morgan fingerprint density at radius 3 is 2.51 bits per heavy atom. The third-order valence-corrected chi connectivity index (χ3v) is 7.01. The third kappa shape index (κ3) is 3.87. The fraction of sp³-hybridized carbons (Fsp3) is 0.250. The maximum Gasteiger partial charge on any atom is 0.229 e. The van der Waals surface area contributed by atoms with E-state index in [1.807, 2.05) is 54.3 Å². The number of hydrogen-bond donors (Lipinski definition) is 1. The Kier molecular flexibility index (Phi) is 5.13. The van der Waals surface area contributed by atoms with Crippen LogP contribution in [0.5, 0.6) is 0 Å². The van der Waals surface area contributed by atoms with E-state index in [1.54, 1.807) is 23.0 Å². The standard InChI is InChI=1S/C28H25FN4O2/c1-17-4-2-3-5-23(17)27-24(31-28(35)18-6-7-18)15-26(34)32(27)22-12-13-25-19(14-22)16-30-33(25)21-10-8-20(29)9-11-21/h2-5,8-14,16,18,24,27H,6-7,15H2,1H3,(H,31,35)/t24-,27+/m1/s1. The topological polar surface area (TPSA) is 67.2 Å². The highest BCUT2D eigenvalue weighted by atomic mass is 19.1. The lowest BCUT2D eigenvalue weighted by Gasteiger charge is -2.30. The van der Waals surface area contributed by atoms with Crippen LogP contribution < -0.4 is 10.2 Å². The van der Waals surface area contributed by atoms with Crippen LogP contribution in [-0.4, -0.2) is 27.6 Å². The Morgan fingerprint density at radius 2 is 1.77 bits per heavy atom. The van der Waals surface area contributed by atoms with Crippen LogP contribution in [0.2, 0.25) is 0 Å². The second-order valence-electron chi connectivity index (χ2n) is 9.43. The van der Waals surface area contributed by atoms with Gasteiger partial charge in [0.1, 0.15) is 5.82 Å². The van der Waals surface area contributed by atoms with Gasteiger partial charge in [-0.15, -0.1) is 0 Å². The van der Waals surface area contributed by atoms with Crippen molar-refractivity contribution in [2.45, 2.75) is 38.3 Å². The molecule has 7 heteroatoms. The molecule has 1 aliphatic heterocycles. The molecular formula is C28H25FN4O2. The number of rotatable bonds is 5. The highest BCUT2D eigenvalue weighted by molar-refractivity contribution is 6.00. The molecule has 6 rings (SSSR count). The van der Waals surface area contributed by atoms with Crippen LogP contribution in [0.3, 0.4) is 0 Å². The number of nitrogens with zero attached hydrogens (tertiary/aromatic N) is 3. The van der Waals surface area contributed by atoms with Crippen LogP contribution in [0.1, 0.15) is 36.4 Å². The van der Waals surface area contributed by atoms with Crippen molar-refractivity contribution in [1.29, 1.82) is 0 Å².